The van der Waals surface area contributed by atoms with Crippen LogP contribution in [0.15, 0.2) is 12.1 Å². The minimum absolute atomic E-state index is 0.0731. The minimum atomic E-state index is -0.818. The van der Waals surface area contributed by atoms with Crippen molar-refractivity contribution in [1.82, 2.24) is 0 Å². The Morgan fingerprint density at radius 1 is 1.55 bits per heavy atom. The number of rotatable bonds is 0. The number of phenolic OH excluding ortho intramolecular Hbond substituents is 1. The molecule has 0 aliphatic heterocycles. The van der Waals surface area contributed by atoms with Crippen molar-refractivity contribution in [2.24, 2.45) is 0 Å². The Kier molecular flexibility index (Phi) is 1.65. The van der Waals surface area contributed by atoms with E-state index in [1.165, 1.54) is 6.07 Å². The third-order valence-electron chi connectivity index (χ3n) is 1.29. The standard InChI is InChI=1S/C7H5FN2O/c8-5-2-1-4(3-9)6(10)7(5)11/h1-2,11H,10H2. The first-order chi connectivity index (χ1) is 5.16. The Morgan fingerprint density at radius 3 is 2.73 bits per heavy atom. The van der Waals surface area contributed by atoms with Crippen LogP contribution in [-0.4, -0.2) is 5.11 Å². The van der Waals surface area contributed by atoms with Crippen LogP contribution in [0.2, 0.25) is 0 Å². The Balaban J connectivity index is 3.40. The third kappa shape index (κ3) is 1.08. The molecule has 0 radical (unpaired) electrons. The molecule has 11 heavy (non-hydrogen) atoms. The molecule has 0 aliphatic carbocycles. The number of phenols is 1. The largest absolute Gasteiger partial charge is 0.503 e. The Bertz CT molecular complexity index is 330. The van der Waals surface area contributed by atoms with Gasteiger partial charge in [0.05, 0.1) is 11.3 Å². The van der Waals surface area contributed by atoms with Crippen molar-refractivity contribution < 1.29 is 9.50 Å². The second kappa shape index (κ2) is 2.46. The van der Waals surface area contributed by atoms with E-state index in [0.29, 0.717) is 0 Å². The van der Waals surface area contributed by atoms with Gasteiger partial charge in [-0.05, 0) is 12.1 Å². The molecule has 0 fully saturated rings. The molecule has 4 heteroatoms. The molecule has 1 rings (SSSR count). The van der Waals surface area contributed by atoms with Gasteiger partial charge in [0.15, 0.2) is 11.6 Å². The van der Waals surface area contributed by atoms with E-state index >= 15 is 0 Å². The van der Waals surface area contributed by atoms with Crippen molar-refractivity contribution in [3.8, 4) is 11.8 Å². The summed E-state index contributed by atoms with van der Waals surface area (Å²) in [5.41, 5.74) is 5.04. The molecule has 0 aromatic heterocycles. The average molecular weight is 152 g/mol. The number of aromatic hydroxyl groups is 1. The molecular weight excluding hydrogens is 147 g/mol. The highest BCUT2D eigenvalue weighted by Crippen LogP contribution is 2.26. The molecule has 3 N–H and O–H groups in total. The van der Waals surface area contributed by atoms with E-state index in [9.17, 15) is 4.39 Å². The number of hydrogen-bond acceptors (Lipinski definition) is 3. The van der Waals surface area contributed by atoms with E-state index in [1.807, 2.05) is 0 Å². The number of nitriles is 1. The fourth-order valence-electron chi connectivity index (χ4n) is 0.679. The Morgan fingerprint density at radius 2 is 2.18 bits per heavy atom. The van der Waals surface area contributed by atoms with E-state index in [4.69, 9.17) is 16.1 Å². The SMILES string of the molecule is N#Cc1ccc(F)c(O)c1N. The van der Waals surface area contributed by atoms with Gasteiger partial charge in [0.2, 0.25) is 0 Å². The van der Waals surface area contributed by atoms with Crippen molar-refractivity contribution in [2.45, 2.75) is 0 Å². The zero-order valence-electron chi connectivity index (χ0n) is 5.50. The van der Waals surface area contributed by atoms with Crippen LogP contribution in [0.5, 0.6) is 5.75 Å². The molecule has 0 amide bonds. The van der Waals surface area contributed by atoms with Crippen LogP contribution in [0.1, 0.15) is 5.56 Å². The van der Waals surface area contributed by atoms with Gasteiger partial charge in [0.1, 0.15) is 6.07 Å². The first kappa shape index (κ1) is 7.35. The molecule has 0 spiro atoms. The van der Waals surface area contributed by atoms with E-state index < -0.39 is 11.6 Å². The lowest BCUT2D eigenvalue weighted by molar-refractivity contribution is 0.435. The third-order valence-corrected chi connectivity index (χ3v) is 1.29. The van der Waals surface area contributed by atoms with Crippen LogP contribution in [0, 0.1) is 17.1 Å². The van der Waals surface area contributed by atoms with Gasteiger partial charge in [0.25, 0.3) is 0 Å². The second-order valence-corrected chi connectivity index (χ2v) is 1.97. The summed E-state index contributed by atoms with van der Waals surface area (Å²) in [5, 5.41) is 17.2. The predicted octanol–water partition coefficient (Wildman–Crippen LogP) is 0.985. The lowest BCUT2D eigenvalue weighted by atomic mass is 10.2. The number of hydrogen-bond donors (Lipinski definition) is 2. The molecule has 0 atom stereocenters. The lowest BCUT2D eigenvalue weighted by Crippen LogP contribution is -1.92. The highest BCUT2D eigenvalue weighted by molar-refractivity contribution is 5.62. The summed E-state index contributed by atoms with van der Waals surface area (Å²) in [4.78, 5) is 0. The molecule has 56 valence electrons. The zero-order chi connectivity index (χ0) is 8.43. The molecule has 1 aromatic carbocycles. The average Bonchev–Trinajstić information content (AvgIpc) is 2.01. The number of benzene rings is 1. The summed E-state index contributed by atoms with van der Waals surface area (Å²) < 4.78 is 12.5. The summed E-state index contributed by atoms with van der Waals surface area (Å²) >= 11 is 0. The lowest BCUT2D eigenvalue weighted by Gasteiger charge is -2.00. The monoisotopic (exact) mass is 152 g/mol. The number of nitrogens with zero attached hydrogens (tertiary/aromatic N) is 1. The van der Waals surface area contributed by atoms with Gasteiger partial charge in [-0.3, -0.25) is 0 Å². The smallest absolute Gasteiger partial charge is 0.176 e. The Hall–Kier alpha value is -1.76. The van der Waals surface area contributed by atoms with Gasteiger partial charge < -0.3 is 10.8 Å². The number of anilines is 1. The van der Waals surface area contributed by atoms with Gasteiger partial charge >= 0.3 is 0 Å². The van der Waals surface area contributed by atoms with E-state index in [2.05, 4.69) is 0 Å². The summed E-state index contributed by atoms with van der Waals surface area (Å²) in [5.74, 6) is -1.48. The Labute approximate surface area is 62.5 Å². The first-order valence-corrected chi connectivity index (χ1v) is 2.84. The fraction of sp³-hybridized carbons (Fsp3) is 0. The van der Waals surface area contributed by atoms with Gasteiger partial charge in [-0.15, -0.1) is 0 Å². The first-order valence-electron chi connectivity index (χ1n) is 2.84. The van der Waals surface area contributed by atoms with Crippen molar-refractivity contribution in [3.05, 3.63) is 23.5 Å². The second-order valence-electron chi connectivity index (χ2n) is 1.97. The van der Waals surface area contributed by atoms with Gasteiger partial charge in [-0.1, -0.05) is 0 Å². The van der Waals surface area contributed by atoms with Crippen LogP contribution in [0.4, 0.5) is 10.1 Å². The summed E-state index contributed by atoms with van der Waals surface area (Å²) in [6, 6.07) is 3.91. The zero-order valence-corrected chi connectivity index (χ0v) is 5.50. The van der Waals surface area contributed by atoms with Gasteiger partial charge in [0, 0.05) is 0 Å². The van der Waals surface area contributed by atoms with Crippen LogP contribution in [0.3, 0.4) is 0 Å². The molecule has 0 aliphatic rings. The van der Waals surface area contributed by atoms with Crippen LogP contribution < -0.4 is 5.73 Å². The highest BCUT2D eigenvalue weighted by Gasteiger charge is 2.07. The van der Waals surface area contributed by atoms with Crippen molar-refractivity contribution in [1.29, 1.82) is 5.26 Å². The molecule has 1 aromatic rings. The highest BCUT2D eigenvalue weighted by atomic mass is 19.1. The molecule has 0 heterocycles. The van der Waals surface area contributed by atoms with Crippen molar-refractivity contribution in [2.75, 3.05) is 5.73 Å². The number of nitrogen functional groups attached to an aromatic ring is 1. The summed E-state index contributed by atoms with van der Waals surface area (Å²) in [6.45, 7) is 0. The summed E-state index contributed by atoms with van der Waals surface area (Å²) in [6.07, 6.45) is 0. The normalized spacial score (nSPS) is 9.09. The molecule has 0 saturated carbocycles. The van der Waals surface area contributed by atoms with E-state index in [0.717, 1.165) is 6.07 Å². The van der Waals surface area contributed by atoms with Crippen molar-refractivity contribution >= 4 is 5.69 Å². The molecule has 0 unspecified atom stereocenters. The van der Waals surface area contributed by atoms with E-state index in [-0.39, 0.29) is 11.3 Å². The summed E-state index contributed by atoms with van der Waals surface area (Å²) in [7, 11) is 0. The topological polar surface area (TPSA) is 70.0 Å². The quantitative estimate of drug-likeness (QED) is 0.430. The van der Waals surface area contributed by atoms with Gasteiger partial charge in [-0.2, -0.15) is 5.26 Å². The maximum atomic E-state index is 12.5. The van der Waals surface area contributed by atoms with Crippen LogP contribution in [-0.2, 0) is 0 Å². The maximum absolute atomic E-state index is 12.5. The van der Waals surface area contributed by atoms with Crippen LogP contribution >= 0.6 is 0 Å². The number of halogens is 1. The molecular formula is C7H5FN2O. The van der Waals surface area contributed by atoms with E-state index in [1.54, 1.807) is 6.07 Å². The van der Waals surface area contributed by atoms with Crippen LogP contribution in [0.25, 0.3) is 0 Å². The predicted molar refractivity (Wildman–Crippen MR) is 37.2 cm³/mol. The number of nitrogens with two attached hydrogens (primary N) is 1. The molecule has 0 bridgehead atoms. The fourth-order valence-corrected chi connectivity index (χ4v) is 0.679. The molecule has 0 saturated heterocycles. The van der Waals surface area contributed by atoms with Crippen molar-refractivity contribution in [3.63, 3.8) is 0 Å². The minimum Gasteiger partial charge on any atom is -0.503 e. The molecule has 3 nitrogen and oxygen atoms in total. The van der Waals surface area contributed by atoms with Gasteiger partial charge in [-0.25, -0.2) is 4.39 Å². The maximum Gasteiger partial charge on any atom is 0.176 e.